The Labute approximate surface area is 160 Å². The van der Waals surface area contributed by atoms with Crippen molar-refractivity contribution in [2.45, 2.75) is 25.8 Å². The Hall–Kier alpha value is -2.87. The van der Waals surface area contributed by atoms with E-state index in [0.29, 0.717) is 10.9 Å². The number of hydrazone groups is 1. The lowest BCUT2D eigenvalue weighted by Crippen LogP contribution is -2.25. The number of nitrogens with one attached hydrogen (secondary N) is 1. The molecule has 1 atom stereocenters. The van der Waals surface area contributed by atoms with Gasteiger partial charge in [-0.05, 0) is 23.8 Å². The molecule has 27 heavy (non-hydrogen) atoms. The van der Waals surface area contributed by atoms with Crippen LogP contribution in [-0.4, -0.2) is 22.0 Å². The minimum Gasteiger partial charge on any atom is -0.489 e. The number of rotatable bonds is 4. The van der Waals surface area contributed by atoms with Crippen molar-refractivity contribution in [3.63, 3.8) is 0 Å². The molecule has 1 aliphatic heterocycles. The van der Waals surface area contributed by atoms with Crippen LogP contribution in [0.15, 0.2) is 53.6 Å². The summed E-state index contributed by atoms with van der Waals surface area (Å²) in [6.45, 7) is 3.05. The Bertz CT molecular complexity index is 886. The van der Waals surface area contributed by atoms with Crippen LogP contribution >= 0.6 is 11.8 Å². The number of amides is 2. The fraction of sp³-hybridized carbons (Fsp3) is 0.211. The van der Waals surface area contributed by atoms with Crippen LogP contribution in [0.25, 0.3) is 0 Å². The number of ether oxygens (including phenoxy) is 1. The van der Waals surface area contributed by atoms with Crippen LogP contribution in [0, 0.1) is 5.82 Å². The first-order valence-electron chi connectivity index (χ1n) is 8.23. The van der Waals surface area contributed by atoms with Crippen molar-refractivity contribution >= 4 is 28.7 Å². The fourth-order valence-corrected chi connectivity index (χ4v) is 3.69. The van der Waals surface area contributed by atoms with Crippen molar-refractivity contribution in [1.82, 2.24) is 10.3 Å². The average molecular weight is 387 g/mol. The van der Waals surface area contributed by atoms with E-state index in [2.05, 4.69) is 10.4 Å². The molecule has 0 saturated carbocycles. The smallest absolute Gasteiger partial charge is 0.241 e. The van der Waals surface area contributed by atoms with Crippen molar-refractivity contribution in [2.75, 3.05) is 0 Å². The van der Waals surface area contributed by atoms with Crippen LogP contribution < -0.4 is 10.1 Å². The number of para-hydroxylation sites is 1. The quantitative estimate of drug-likeness (QED) is 0.873. The standard InChI is InChI=1S/C19H18FN3O3S/c1-12(24)21-19-22-23(13(2)25)18(27-19)16-5-3-4-6-17(16)26-11-14-7-9-15(20)10-8-14/h3-10,18H,11H2,1-2H3,(H,21,22,24)/t18-/m1/s1. The van der Waals surface area contributed by atoms with Crippen LogP contribution in [0.3, 0.4) is 0 Å². The van der Waals surface area contributed by atoms with E-state index in [4.69, 9.17) is 4.74 Å². The first-order valence-corrected chi connectivity index (χ1v) is 9.11. The van der Waals surface area contributed by atoms with Gasteiger partial charge >= 0.3 is 0 Å². The molecule has 0 spiro atoms. The number of nitrogens with zero attached hydrogens (tertiary/aromatic N) is 2. The summed E-state index contributed by atoms with van der Waals surface area (Å²) in [6, 6.07) is 13.4. The molecule has 2 amide bonds. The summed E-state index contributed by atoms with van der Waals surface area (Å²) in [7, 11) is 0. The average Bonchev–Trinajstić information content (AvgIpc) is 3.05. The number of hydrogen-bond donors (Lipinski definition) is 1. The number of benzene rings is 2. The van der Waals surface area contributed by atoms with Crippen LogP contribution in [-0.2, 0) is 16.2 Å². The Morgan fingerprint density at radius 1 is 1.19 bits per heavy atom. The maximum absolute atomic E-state index is 13.0. The lowest BCUT2D eigenvalue weighted by Gasteiger charge is -2.21. The van der Waals surface area contributed by atoms with Crippen molar-refractivity contribution in [2.24, 2.45) is 5.10 Å². The van der Waals surface area contributed by atoms with Crippen molar-refractivity contribution < 1.29 is 18.7 Å². The van der Waals surface area contributed by atoms with Gasteiger partial charge in [0.05, 0.1) is 0 Å². The molecule has 1 heterocycles. The largest absolute Gasteiger partial charge is 0.489 e. The third-order valence-corrected chi connectivity index (χ3v) is 4.83. The maximum atomic E-state index is 13.0. The maximum Gasteiger partial charge on any atom is 0.241 e. The molecular weight excluding hydrogens is 369 g/mol. The Morgan fingerprint density at radius 2 is 1.89 bits per heavy atom. The molecule has 140 valence electrons. The van der Waals surface area contributed by atoms with Crippen molar-refractivity contribution in [3.8, 4) is 5.75 Å². The van der Waals surface area contributed by atoms with Gasteiger partial charge in [0.1, 0.15) is 23.5 Å². The van der Waals surface area contributed by atoms with Crippen LogP contribution in [0.5, 0.6) is 5.75 Å². The van der Waals surface area contributed by atoms with Crippen molar-refractivity contribution in [3.05, 3.63) is 65.5 Å². The molecule has 1 N–H and O–H groups in total. The lowest BCUT2D eigenvalue weighted by molar-refractivity contribution is -0.129. The molecule has 6 nitrogen and oxygen atoms in total. The molecule has 0 aliphatic carbocycles. The first kappa shape index (κ1) is 18.9. The zero-order chi connectivity index (χ0) is 19.4. The van der Waals surface area contributed by atoms with E-state index < -0.39 is 5.37 Å². The predicted molar refractivity (Wildman–Crippen MR) is 101 cm³/mol. The highest BCUT2D eigenvalue weighted by molar-refractivity contribution is 8.14. The molecule has 2 aromatic rings. The van der Waals surface area contributed by atoms with Gasteiger partial charge in [-0.3, -0.25) is 9.59 Å². The highest BCUT2D eigenvalue weighted by Gasteiger charge is 2.34. The molecule has 0 radical (unpaired) electrons. The van der Waals surface area contributed by atoms with E-state index in [0.717, 1.165) is 11.1 Å². The van der Waals surface area contributed by atoms with Crippen LogP contribution in [0.1, 0.15) is 30.3 Å². The number of halogens is 1. The second-order valence-corrected chi connectivity index (χ2v) is 6.94. The molecule has 0 saturated heterocycles. The molecule has 0 bridgehead atoms. The summed E-state index contributed by atoms with van der Waals surface area (Å²) in [5.41, 5.74) is 1.58. The summed E-state index contributed by atoms with van der Waals surface area (Å²) in [5, 5.41) is 8.02. The molecule has 0 fully saturated rings. The van der Waals surface area contributed by atoms with Crippen molar-refractivity contribution in [1.29, 1.82) is 0 Å². The number of carbonyl (C=O) groups is 2. The highest BCUT2D eigenvalue weighted by atomic mass is 32.2. The molecule has 0 unspecified atom stereocenters. The Balaban J connectivity index is 1.81. The Morgan fingerprint density at radius 3 is 2.56 bits per heavy atom. The van der Waals surface area contributed by atoms with Gasteiger partial charge in [0, 0.05) is 19.4 Å². The SMILES string of the molecule is CC(=O)NC1=NN(C(C)=O)[C@@H](c2ccccc2OCc2ccc(F)cc2)S1. The van der Waals surface area contributed by atoms with Crippen LogP contribution in [0.2, 0.25) is 0 Å². The number of amidine groups is 1. The Kier molecular flexibility index (Phi) is 5.75. The van der Waals surface area contributed by atoms with Gasteiger partial charge in [0.2, 0.25) is 11.8 Å². The third-order valence-electron chi connectivity index (χ3n) is 3.74. The zero-order valence-electron chi connectivity index (χ0n) is 14.8. The van der Waals surface area contributed by atoms with E-state index in [1.165, 1.54) is 42.8 Å². The highest BCUT2D eigenvalue weighted by Crippen LogP contribution is 2.42. The normalized spacial score (nSPS) is 16.0. The van der Waals surface area contributed by atoms with Gasteiger partial charge in [0.15, 0.2) is 5.17 Å². The fourth-order valence-electron chi connectivity index (χ4n) is 2.52. The van der Waals surface area contributed by atoms with Gasteiger partial charge in [0.25, 0.3) is 0 Å². The van der Waals surface area contributed by atoms with Gasteiger partial charge in [-0.25, -0.2) is 9.40 Å². The minimum atomic E-state index is -0.450. The summed E-state index contributed by atoms with van der Waals surface area (Å²) < 4.78 is 18.9. The molecule has 3 rings (SSSR count). The van der Waals surface area contributed by atoms with Gasteiger partial charge in [-0.2, -0.15) is 0 Å². The van der Waals surface area contributed by atoms with Gasteiger partial charge in [-0.15, -0.1) is 5.10 Å². The van der Waals surface area contributed by atoms with Gasteiger partial charge < -0.3 is 10.1 Å². The second-order valence-electron chi connectivity index (χ2n) is 5.87. The molecule has 1 aliphatic rings. The summed E-state index contributed by atoms with van der Waals surface area (Å²) in [5.74, 6) is -0.224. The summed E-state index contributed by atoms with van der Waals surface area (Å²) in [6.07, 6.45) is 0. The molecule has 0 aromatic heterocycles. The third kappa shape index (κ3) is 4.65. The van der Waals surface area contributed by atoms with E-state index in [1.54, 1.807) is 18.2 Å². The number of carbonyl (C=O) groups excluding carboxylic acids is 2. The van der Waals surface area contributed by atoms with E-state index in [9.17, 15) is 14.0 Å². The predicted octanol–water partition coefficient (Wildman–Crippen LogP) is 3.41. The molecule has 2 aromatic carbocycles. The first-order chi connectivity index (χ1) is 12.9. The zero-order valence-corrected chi connectivity index (χ0v) is 15.6. The molecular formula is C19H18FN3O3S. The number of thioether (sulfide) groups is 1. The topological polar surface area (TPSA) is 71.0 Å². The minimum absolute atomic E-state index is 0.249. The van der Waals surface area contributed by atoms with Crippen LogP contribution in [0.4, 0.5) is 4.39 Å². The van der Waals surface area contributed by atoms with E-state index in [1.807, 2.05) is 18.2 Å². The summed E-state index contributed by atoms with van der Waals surface area (Å²) in [4.78, 5) is 23.3. The lowest BCUT2D eigenvalue weighted by atomic mass is 10.2. The monoisotopic (exact) mass is 387 g/mol. The second kappa shape index (κ2) is 8.22. The summed E-state index contributed by atoms with van der Waals surface area (Å²) >= 11 is 1.26. The van der Waals surface area contributed by atoms with E-state index in [-0.39, 0.29) is 24.2 Å². The van der Waals surface area contributed by atoms with E-state index >= 15 is 0 Å². The van der Waals surface area contributed by atoms with Gasteiger partial charge in [-0.1, -0.05) is 42.1 Å². The molecule has 8 heteroatoms. The number of hydrogen-bond acceptors (Lipinski definition) is 5.